The molecule has 0 spiro atoms. The first kappa shape index (κ1) is 26.0. The van der Waals surface area contributed by atoms with E-state index in [9.17, 15) is 5.11 Å². The van der Waals surface area contributed by atoms with E-state index >= 15 is 0 Å². The van der Waals surface area contributed by atoms with E-state index < -0.39 is 5.60 Å². The summed E-state index contributed by atoms with van der Waals surface area (Å²) >= 11 is 12.0. The molecule has 0 saturated heterocycles. The number of halogens is 2. The molecular formula is C28H34Cl2N2O3. The van der Waals surface area contributed by atoms with Crippen LogP contribution < -0.4 is 9.84 Å². The van der Waals surface area contributed by atoms with Crippen LogP contribution in [0.2, 0.25) is 10.0 Å². The van der Waals surface area contributed by atoms with Gasteiger partial charge in [0.1, 0.15) is 12.3 Å². The van der Waals surface area contributed by atoms with Crippen molar-refractivity contribution < 1.29 is 18.8 Å². The summed E-state index contributed by atoms with van der Waals surface area (Å²) in [4.78, 5) is 0. The van der Waals surface area contributed by atoms with Crippen molar-refractivity contribution in [2.45, 2.75) is 50.7 Å². The second kappa shape index (κ2) is 11.3. The van der Waals surface area contributed by atoms with Crippen LogP contribution in [0, 0.1) is 5.92 Å². The summed E-state index contributed by atoms with van der Waals surface area (Å²) in [5, 5.41) is 19.8. The van der Waals surface area contributed by atoms with Crippen LogP contribution in [0.4, 0.5) is 0 Å². The lowest BCUT2D eigenvalue weighted by atomic mass is 9.71. The molecule has 0 bridgehead atoms. The average molecular weight is 517 g/mol. The highest BCUT2D eigenvalue weighted by Crippen LogP contribution is 2.41. The molecule has 1 fully saturated rings. The van der Waals surface area contributed by atoms with Crippen molar-refractivity contribution in [1.82, 2.24) is 5.16 Å². The Morgan fingerprint density at radius 1 is 1.03 bits per heavy atom. The fraction of sp³-hybridized carbons (Fsp3) is 0.464. The molecular weight excluding hydrogens is 483 g/mol. The predicted octanol–water partition coefficient (Wildman–Crippen LogP) is 6.21. The van der Waals surface area contributed by atoms with Crippen LogP contribution in [-0.4, -0.2) is 36.9 Å². The molecule has 1 heterocycles. The van der Waals surface area contributed by atoms with Gasteiger partial charge in [-0.2, -0.15) is 0 Å². The molecule has 5 nitrogen and oxygen atoms in total. The Morgan fingerprint density at radius 2 is 1.77 bits per heavy atom. The Morgan fingerprint density at radius 3 is 2.49 bits per heavy atom. The second-order valence-corrected chi connectivity index (χ2v) is 11.0. The number of hydrogen-bond acceptors (Lipinski definition) is 4. The smallest absolute Gasteiger partial charge is 0.191 e. The second-order valence-electron chi connectivity index (χ2n) is 10.2. The molecule has 1 aliphatic carbocycles. The van der Waals surface area contributed by atoms with Gasteiger partial charge in [-0.15, -0.1) is 0 Å². The summed E-state index contributed by atoms with van der Waals surface area (Å²) in [5.41, 5.74) is -0.0950. The Balaban J connectivity index is 1.40. The summed E-state index contributed by atoms with van der Waals surface area (Å²) in [5.74, 6) is 1.47. The maximum atomic E-state index is 14.5. The maximum Gasteiger partial charge on any atom is 0.191 e. The minimum absolute atomic E-state index is 0.0256. The van der Waals surface area contributed by atoms with Crippen LogP contribution in [0.3, 0.4) is 0 Å². The van der Waals surface area contributed by atoms with E-state index in [0.717, 1.165) is 50.0 Å². The van der Waals surface area contributed by atoms with Gasteiger partial charge in [-0.25, -0.2) is 0 Å². The van der Waals surface area contributed by atoms with Crippen LogP contribution in [-0.2, 0) is 12.1 Å². The number of aromatic nitrogens is 1. The van der Waals surface area contributed by atoms with E-state index in [-0.39, 0.29) is 5.92 Å². The maximum absolute atomic E-state index is 14.5. The van der Waals surface area contributed by atoms with Crippen LogP contribution in [0.1, 0.15) is 55.5 Å². The third kappa shape index (κ3) is 6.39. The summed E-state index contributed by atoms with van der Waals surface area (Å²) in [6.07, 6.45) is 6.11. The molecule has 1 saturated carbocycles. The Bertz CT molecular complexity index is 1100. The van der Waals surface area contributed by atoms with Crippen LogP contribution >= 0.6 is 23.2 Å². The van der Waals surface area contributed by atoms with Gasteiger partial charge in [0.05, 0.1) is 43.0 Å². The SMILES string of the molecule is C[N+](C)(CCCOc1ccc(Cl)c(Cl)c1)Cc1cc(C([O-])(c2ccccc2)C2CCCCC2)no1. The molecule has 1 aliphatic rings. The van der Waals surface area contributed by atoms with Gasteiger partial charge in [-0.1, -0.05) is 96.4 Å². The summed E-state index contributed by atoms with van der Waals surface area (Å²) in [6, 6.07) is 16.9. The normalized spacial score (nSPS) is 16.7. The van der Waals surface area contributed by atoms with Crippen molar-refractivity contribution in [3.63, 3.8) is 0 Å². The molecule has 188 valence electrons. The molecule has 0 amide bonds. The van der Waals surface area contributed by atoms with Crippen molar-refractivity contribution in [2.24, 2.45) is 5.92 Å². The predicted molar refractivity (Wildman–Crippen MR) is 138 cm³/mol. The number of rotatable bonds is 10. The number of benzene rings is 2. The summed E-state index contributed by atoms with van der Waals surface area (Å²) < 4.78 is 12.3. The highest BCUT2D eigenvalue weighted by atomic mass is 35.5. The number of ether oxygens (including phenoxy) is 1. The van der Waals surface area contributed by atoms with E-state index in [1.54, 1.807) is 12.1 Å². The summed E-state index contributed by atoms with van der Waals surface area (Å²) in [7, 11) is 4.29. The number of hydrogen-bond donors (Lipinski definition) is 0. The zero-order chi connectivity index (χ0) is 24.9. The molecule has 0 radical (unpaired) electrons. The van der Waals surface area contributed by atoms with Gasteiger partial charge in [-0.3, -0.25) is 0 Å². The van der Waals surface area contributed by atoms with Crippen LogP contribution in [0.25, 0.3) is 0 Å². The third-order valence-electron chi connectivity index (χ3n) is 6.97. The largest absolute Gasteiger partial charge is 0.841 e. The van der Waals surface area contributed by atoms with Crippen molar-refractivity contribution >= 4 is 23.2 Å². The highest BCUT2D eigenvalue weighted by molar-refractivity contribution is 6.42. The lowest BCUT2D eigenvalue weighted by Crippen LogP contribution is -2.49. The minimum Gasteiger partial charge on any atom is -0.841 e. The number of nitrogens with zero attached hydrogens (tertiary/aromatic N) is 2. The topological polar surface area (TPSA) is 58.3 Å². The molecule has 35 heavy (non-hydrogen) atoms. The molecule has 0 aliphatic heterocycles. The first-order valence-corrected chi connectivity index (χ1v) is 13.2. The number of quaternary nitrogens is 1. The van der Waals surface area contributed by atoms with Gasteiger partial charge in [0.25, 0.3) is 0 Å². The molecule has 1 unspecified atom stereocenters. The molecule has 1 aromatic heterocycles. The fourth-order valence-electron chi connectivity index (χ4n) is 5.10. The van der Waals surface area contributed by atoms with E-state index in [1.165, 1.54) is 6.42 Å². The molecule has 0 N–H and O–H groups in total. The van der Waals surface area contributed by atoms with Gasteiger partial charge >= 0.3 is 0 Å². The summed E-state index contributed by atoms with van der Waals surface area (Å²) in [6.45, 7) is 2.09. The van der Waals surface area contributed by atoms with E-state index in [2.05, 4.69) is 19.3 Å². The van der Waals surface area contributed by atoms with Crippen LogP contribution in [0.5, 0.6) is 5.75 Å². The van der Waals surface area contributed by atoms with E-state index in [0.29, 0.717) is 39.1 Å². The third-order valence-corrected chi connectivity index (χ3v) is 7.71. The molecule has 4 rings (SSSR count). The Labute approximate surface area is 218 Å². The van der Waals surface area contributed by atoms with Gasteiger partial charge in [0.15, 0.2) is 5.76 Å². The molecule has 1 atom stereocenters. The van der Waals surface area contributed by atoms with Crippen molar-refractivity contribution in [3.05, 3.63) is 81.7 Å². The van der Waals surface area contributed by atoms with Gasteiger partial charge in [0, 0.05) is 18.6 Å². The minimum atomic E-state index is -1.38. The first-order chi connectivity index (χ1) is 16.8. The highest BCUT2D eigenvalue weighted by Gasteiger charge is 2.35. The standard InChI is InChI=1S/C28H34Cl2N2O3/c1-32(2,16-9-17-34-23-14-15-25(29)26(30)18-23)20-24-19-27(31-35-24)28(33,21-10-5-3-6-11-21)22-12-7-4-8-13-22/h3,5-6,10-11,14-15,18-19,22H,4,7-9,12-13,16-17,20H2,1-2H3. The zero-order valence-electron chi connectivity index (χ0n) is 20.5. The molecule has 7 heteroatoms. The zero-order valence-corrected chi connectivity index (χ0v) is 22.0. The first-order valence-electron chi connectivity index (χ1n) is 12.4. The van der Waals surface area contributed by atoms with E-state index in [1.807, 2.05) is 42.5 Å². The Kier molecular flexibility index (Phi) is 8.43. The molecule has 2 aromatic carbocycles. The average Bonchev–Trinajstić information content (AvgIpc) is 3.33. The fourth-order valence-corrected chi connectivity index (χ4v) is 5.39. The monoisotopic (exact) mass is 516 g/mol. The quantitative estimate of drug-likeness (QED) is 0.237. The van der Waals surface area contributed by atoms with Crippen molar-refractivity contribution in [1.29, 1.82) is 0 Å². The van der Waals surface area contributed by atoms with Crippen molar-refractivity contribution in [2.75, 3.05) is 27.2 Å². The van der Waals surface area contributed by atoms with Crippen LogP contribution in [0.15, 0.2) is 59.1 Å². The van der Waals surface area contributed by atoms with Gasteiger partial charge < -0.3 is 18.8 Å². The molecule has 3 aromatic rings. The van der Waals surface area contributed by atoms with Crippen molar-refractivity contribution in [3.8, 4) is 5.75 Å². The van der Waals surface area contributed by atoms with Gasteiger partial charge in [-0.05, 0) is 23.7 Å². The van der Waals surface area contributed by atoms with E-state index in [4.69, 9.17) is 32.5 Å². The lowest BCUT2D eigenvalue weighted by Gasteiger charge is -2.48. The lowest BCUT2D eigenvalue weighted by molar-refractivity contribution is -0.904. The van der Waals surface area contributed by atoms with Gasteiger partial charge in [0.2, 0.25) is 0 Å². The Hall–Kier alpha value is -2.05.